The van der Waals surface area contributed by atoms with Crippen LogP contribution in [0.5, 0.6) is 0 Å². The van der Waals surface area contributed by atoms with Gasteiger partial charge in [0.25, 0.3) is 0 Å². The molecule has 0 radical (unpaired) electrons. The molecule has 2 atom stereocenters. The maximum Gasteiger partial charge on any atom is 0.0611 e. The summed E-state index contributed by atoms with van der Waals surface area (Å²) in [7, 11) is 1.87. The lowest BCUT2D eigenvalue weighted by atomic mass is 10.00. The molecule has 2 N–H and O–H groups in total. The van der Waals surface area contributed by atoms with E-state index in [0.717, 1.165) is 12.8 Å². The van der Waals surface area contributed by atoms with Crippen molar-refractivity contribution in [1.82, 2.24) is 5.32 Å². The van der Waals surface area contributed by atoms with E-state index in [1.807, 2.05) is 14.0 Å². The van der Waals surface area contributed by atoms with Gasteiger partial charge in [0.15, 0.2) is 0 Å². The first kappa shape index (κ1) is 14.9. The van der Waals surface area contributed by atoms with E-state index < -0.39 is 0 Å². The highest BCUT2D eigenvalue weighted by Crippen LogP contribution is 2.11. The largest absolute Gasteiger partial charge is 0.394 e. The molecule has 0 aromatic carbocycles. The summed E-state index contributed by atoms with van der Waals surface area (Å²) in [6, 6.07) is 0. The van der Waals surface area contributed by atoms with Gasteiger partial charge in [-0.3, -0.25) is 0 Å². The van der Waals surface area contributed by atoms with Gasteiger partial charge in [-0.25, -0.2) is 0 Å². The molecule has 0 spiro atoms. The van der Waals surface area contributed by atoms with Crippen LogP contribution in [0.1, 0.15) is 40.5 Å². The van der Waals surface area contributed by atoms with Gasteiger partial charge in [-0.05, 0) is 39.7 Å². The van der Waals surface area contributed by atoms with Crippen LogP contribution < -0.4 is 5.32 Å². The summed E-state index contributed by atoms with van der Waals surface area (Å²) in [4.78, 5) is 0. The fraction of sp³-hybridized carbons (Fsp3) is 1.00. The third-order valence-corrected chi connectivity index (χ3v) is 2.81. The van der Waals surface area contributed by atoms with E-state index in [-0.39, 0.29) is 12.1 Å². The Morgan fingerprint density at radius 1 is 1.33 bits per heavy atom. The molecule has 0 bridgehead atoms. The number of rotatable bonds is 8. The number of hydrogen-bond donors (Lipinski definition) is 2. The van der Waals surface area contributed by atoms with Crippen molar-refractivity contribution in [2.24, 2.45) is 5.92 Å². The zero-order chi connectivity index (χ0) is 11.9. The first-order valence-corrected chi connectivity index (χ1v) is 5.85. The van der Waals surface area contributed by atoms with Gasteiger partial charge in [0.2, 0.25) is 0 Å². The van der Waals surface area contributed by atoms with E-state index >= 15 is 0 Å². The van der Waals surface area contributed by atoms with Crippen molar-refractivity contribution in [3.05, 3.63) is 0 Å². The summed E-state index contributed by atoms with van der Waals surface area (Å²) in [5, 5.41) is 12.3. The molecule has 3 nitrogen and oxygen atoms in total. The van der Waals surface area contributed by atoms with Crippen molar-refractivity contribution in [3.63, 3.8) is 0 Å². The number of aliphatic hydroxyl groups is 1. The smallest absolute Gasteiger partial charge is 0.0611 e. The fourth-order valence-electron chi connectivity index (χ4n) is 1.50. The molecule has 0 saturated carbocycles. The second kappa shape index (κ2) is 7.20. The SMILES string of the molecule is CNC(C)(CO)CCOC(C)CC(C)C. The van der Waals surface area contributed by atoms with Crippen molar-refractivity contribution in [2.75, 3.05) is 20.3 Å². The lowest BCUT2D eigenvalue weighted by Crippen LogP contribution is -2.44. The Hall–Kier alpha value is -0.120. The Morgan fingerprint density at radius 3 is 2.33 bits per heavy atom. The number of hydrogen-bond acceptors (Lipinski definition) is 3. The molecule has 0 aliphatic rings. The van der Waals surface area contributed by atoms with Crippen LogP contribution in [-0.2, 0) is 4.74 Å². The Balaban J connectivity index is 3.68. The summed E-state index contributed by atoms with van der Waals surface area (Å²) >= 11 is 0. The number of ether oxygens (including phenoxy) is 1. The molecule has 0 amide bonds. The molecule has 0 aromatic heterocycles. The molecule has 0 aliphatic heterocycles. The van der Waals surface area contributed by atoms with E-state index in [4.69, 9.17) is 4.74 Å². The van der Waals surface area contributed by atoms with Gasteiger partial charge >= 0.3 is 0 Å². The fourth-order valence-corrected chi connectivity index (χ4v) is 1.50. The highest BCUT2D eigenvalue weighted by Gasteiger charge is 2.20. The minimum atomic E-state index is -0.211. The van der Waals surface area contributed by atoms with Crippen LogP contribution in [-0.4, -0.2) is 37.0 Å². The van der Waals surface area contributed by atoms with Crippen LogP contribution >= 0.6 is 0 Å². The van der Waals surface area contributed by atoms with Gasteiger partial charge in [-0.2, -0.15) is 0 Å². The van der Waals surface area contributed by atoms with Gasteiger partial charge in [-0.1, -0.05) is 13.8 Å². The highest BCUT2D eigenvalue weighted by atomic mass is 16.5. The molecule has 0 rings (SSSR count). The van der Waals surface area contributed by atoms with E-state index in [1.54, 1.807) is 0 Å². The number of aliphatic hydroxyl groups excluding tert-OH is 1. The normalized spacial score (nSPS) is 17.8. The molecule has 0 aliphatic carbocycles. The number of nitrogens with one attached hydrogen (secondary N) is 1. The van der Waals surface area contributed by atoms with Crippen molar-refractivity contribution in [1.29, 1.82) is 0 Å². The molecular weight excluding hydrogens is 190 g/mol. The Bertz CT molecular complexity index is 156. The van der Waals surface area contributed by atoms with Gasteiger partial charge in [-0.15, -0.1) is 0 Å². The second-order valence-corrected chi connectivity index (χ2v) is 5.03. The zero-order valence-corrected chi connectivity index (χ0v) is 10.8. The Morgan fingerprint density at radius 2 is 1.93 bits per heavy atom. The second-order valence-electron chi connectivity index (χ2n) is 5.03. The van der Waals surface area contributed by atoms with Crippen LogP contribution in [0.4, 0.5) is 0 Å². The minimum absolute atomic E-state index is 0.144. The van der Waals surface area contributed by atoms with Crippen LogP contribution in [0.15, 0.2) is 0 Å². The van der Waals surface area contributed by atoms with Crippen LogP contribution in [0.2, 0.25) is 0 Å². The summed E-state index contributed by atoms with van der Waals surface area (Å²) in [5.74, 6) is 0.675. The van der Waals surface area contributed by atoms with Gasteiger partial charge in [0, 0.05) is 12.1 Å². The topological polar surface area (TPSA) is 41.5 Å². The van der Waals surface area contributed by atoms with E-state index in [2.05, 4.69) is 26.1 Å². The highest BCUT2D eigenvalue weighted by molar-refractivity contribution is 4.80. The van der Waals surface area contributed by atoms with Crippen molar-refractivity contribution >= 4 is 0 Å². The van der Waals surface area contributed by atoms with Crippen molar-refractivity contribution in [3.8, 4) is 0 Å². The summed E-state index contributed by atoms with van der Waals surface area (Å²) in [5.41, 5.74) is -0.211. The summed E-state index contributed by atoms with van der Waals surface area (Å²) in [6.07, 6.45) is 2.24. The Kier molecular flexibility index (Phi) is 7.14. The van der Waals surface area contributed by atoms with E-state index in [1.165, 1.54) is 0 Å². The summed E-state index contributed by atoms with van der Waals surface area (Å²) < 4.78 is 5.70. The van der Waals surface area contributed by atoms with E-state index in [9.17, 15) is 5.11 Å². The van der Waals surface area contributed by atoms with Crippen LogP contribution in [0.25, 0.3) is 0 Å². The van der Waals surface area contributed by atoms with Gasteiger partial charge in [0.05, 0.1) is 12.7 Å². The molecule has 0 heterocycles. The van der Waals surface area contributed by atoms with Gasteiger partial charge in [0.1, 0.15) is 0 Å². The molecule has 0 aromatic rings. The molecule has 15 heavy (non-hydrogen) atoms. The first-order chi connectivity index (χ1) is 6.93. The predicted octanol–water partition coefficient (Wildman–Crippen LogP) is 1.80. The molecular formula is C12H27NO2. The molecule has 2 unspecified atom stereocenters. The molecule has 3 heteroatoms. The summed E-state index contributed by atoms with van der Waals surface area (Å²) in [6.45, 7) is 9.35. The van der Waals surface area contributed by atoms with Crippen LogP contribution in [0, 0.1) is 5.92 Å². The van der Waals surface area contributed by atoms with Crippen LogP contribution in [0.3, 0.4) is 0 Å². The first-order valence-electron chi connectivity index (χ1n) is 5.85. The average molecular weight is 217 g/mol. The minimum Gasteiger partial charge on any atom is -0.394 e. The molecule has 0 saturated heterocycles. The lowest BCUT2D eigenvalue weighted by Gasteiger charge is -2.27. The maximum absolute atomic E-state index is 9.18. The molecule has 92 valence electrons. The maximum atomic E-state index is 9.18. The lowest BCUT2D eigenvalue weighted by molar-refractivity contribution is 0.0315. The standard InChI is InChI=1S/C12H27NO2/c1-10(2)8-11(3)15-7-6-12(4,9-14)13-5/h10-11,13-14H,6-9H2,1-5H3. The monoisotopic (exact) mass is 217 g/mol. The van der Waals surface area contributed by atoms with Crippen molar-refractivity contribution < 1.29 is 9.84 Å². The number of likely N-dealkylation sites (N-methyl/N-ethyl adjacent to an activating group) is 1. The molecule has 0 fully saturated rings. The average Bonchev–Trinajstić information content (AvgIpc) is 2.16. The zero-order valence-electron chi connectivity index (χ0n) is 10.8. The third kappa shape index (κ3) is 6.88. The van der Waals surface area contributed by atoms with Gasteiger partial charge < -0.3 is 15.2 Å². The van der Waals surface area contributed by atoms with E-state index in [0.29, 0.717) is 18.6 Å². The van der Waals surface area contributed by atoms with Crippen molar-refractivity contribution in [2.45, 2.75) is 52.2 Å². The quantitative estimate of drug-likeness (QED) is 0.651. The Labute approximate surface area is 94.2 Å². The third-order valence-electron chi connectivity index (χ3n) is 2.81. The predicted molar refractivity (Wildman–Crippen MR) is 64.0 cm³/mol.